The number of para-hydroxylation sites is 4. The largest absolute Gasteiger partial charge is 0.486 e. The van der Waals surface area contributed by atoms with E-state index >= 15 is 0 Å². The lowest BCUT2D eigenvalue weighted by molar-refractivity contribution is -0.116. The maximum absolute atomic E-state index is 12.8. The van der Waals surface area contributed by atoms with Gasteiger partial charge < -0.3 is 19.1 Å². The number of halogens is 1. The van der Waals surface area contributed by atoms with Gasteiger partial charge in [0.05, 0.1) is 17.6 Å². The van der Waals surface area contributed by atoms with Gasteiger partial charge in [0.15, 0.2) is 17.2 Å². The Balaban J connectivity index is 1.69. The van der Waals surface area contributed by atoms with E-state index in [4.69, 9.17) is 14.2 Å². The highest BCUT2D eigenvalue weighted by Gasteiger charge is 2.23. The number of amides is 1. The molecule has 0 fully saturated rings. The third-order valence-electron chi connectivity index (χ3n) is 4.52. The van der Waals surface area contributed by atoms with Crippen LogP contribution in [0, 0.1) is 0 Å². The first-order chi connectivity index (χ1) is 14.3. The number of benzene rings is 3. The molecule has 148 valence electrons. The number of carbonyl (C=O) groups is 1. The Morgan fingerprint density at radius 3 is 2.52 bits per heavy atom. The molecule has 0 radical (unpaired) electrons. The molecule has 0 bridgehead atoms. The lowest BCUT2D eigenvalue weighted by Crippen LogP contribution is -2.32. The van der Waals surface area contributed by atoms with Gasteiger partial charge in [-0.2, -0.15) is 0 Å². The van der Waals surface area contributed by atoms with Crippen molar-refractivity contribution in [3.05, 3.63) is 78.4 Å². The molecular formula is C23H20BrNO4. The molecule has 3 aromatic carbocycles. The van der Waals surface area contributed by atoms with Crippen molar-refractivity contribution in [2.45, 2.75) is 6.54 Å². The van der Waals surface area contributed by atoms with Crippen LogP contribution in [0.1, 0.15) is 5.56 Å². The van der Waals surface area contributed by atoms with Crippen LogP contribution in [-0.2, 0) is 11.3 Å². The Morgan fingerprint density at radius 2 is 1.69 bits per heavy atom. The molecule has 0 spiro atoms. The van der Waals surface area contributed by atoms with Gasteiger partial charge in [-0.1, -0.05) is 58.4 Å². The van der Waals surface area contributed by atoms with Crippen molar-refractivity contribution in [1.82, 2.24) is 0 Å². The minimum Gasteiger partial charge on any atom is -0.486 e. The molecule has 0 aromatic heterocycles. The van der Waals surface area contributed by atoms with E-state index in [0.29, 0.717) is 48.4 Å². The highest BCUT2D eigenvalue weighted by Crippen LogP contribution is 2.37. The van der Waals surface area contributed by atoms with Crippen LogP contribution in [0.3, 0.4) is 0 Å². The van der Waals surface area contributed by atoms with Gasteiger partial charge in [0.2, 0.25) is 5.91 Å². The number of hydrogen-bond donors (Lipinski definition) is 0. The van der Waals surface area contributed by atoms with Gasteiger partial charge in [-0.3, -0.25) is 4.79 Å². The molecule has 6 heteroatoms. The lowest BCUT2D eigenvalue weighted by atomic mass is 10.1. The van der Waals surface area contributed by atoms with Gasteiger partial charge in [0, 0.05) is 5.56 Å². The average Bonchev–Trinajstić information content (AvgIpc) is 2.78. The van der Waals surface area contributed by atoms with Gasteiger partial charge >= 0.3 is 0 Å². The summed E-state index contributed by atoms with van der Waals surface area (Å²) in [5, 5.41) is 0.194. The minimum atomic E-state index is -0.0801. The van der Waals surface area contributed by atoms with Crippen LogP contribution in [0.4, 0.5) is 5.69 Å². The van der Waals surface area contributed by atoms with Crippen LogP contribution in [-0.4, -0.2) is 24.5 Å². The van der Waals surface area contributed by atoms with Crippen LogP contribution < -0.4 is 19.1 Å². The highest BCUT2D eigenvalue weighted by atomic mass is 79.9. The molecule has 1 heterocycles. The molecule has 0 saturated carbocycles. The van der Waals surface area contributed by atoms with Crippen LogP contribution in [0.25, 0.3) is 0 Å². The van der Waals surface area contributed by atoms with Gasteiger partial charge in [-0.25, -0.2) is 0 Å². The smallest absolute Gasteiger partial charge is 0.238 e. The predicted molar refractivity (Wildman–Crippen MR) is 115 cm³/mol. The number of nitrogens with zero attached hydrogens (tertiary/aromatic N) is 1. The Bertz CT molecular complexity index is 993. The first-order valence-electron chi connectivity index (χ1n) is 9.32. The van der Waals surface area contributed by atoms with Gasteiger partial charge in [0.1, 0.15) is 19.0 Å². The van der Waals surface area contributed by atoms with Crippen LogP contribution in [0.2, 0.25) is 0 Å². The topological polar surface area (TPSA) is 48.0 Å². The number of anilines is 1. The van der Waals surface area contributed by atoms with E-state index in [2.05, 4.69) is 15.9 Å². The summed E-state index contributed by atoms with van der Waals surface area (Å²) < 4.78 is 17.6. The Kier molecular flexibility index (Phi) is 6.00. The standard InChI is InChI=1S/C23H20BrNO4/c24-15-22(26)25(16-17-7-6-12-21-23(17)28-14-13-27-21)19-10-4-5-11-20(19)29-18-8-2-1-3-9-18/h1-12H,13-16H2. The van der Waals surface area contributed by atoms with Crippen molar-refractivity contribution in [3.8, 4) is 23.0 Å². The minimum absolute atomic E-state index is 0.0801. The number of ether oxygens (including phenoxy) is 3. The predicted octanol–water partition coefficient (Wildman–Crippen LogP) is 5.18. The van der Waals surface area contributed by atoms with Crippen molar-refractivity contribution in [1.29, 1.82) is 0 Å². The number of carbonyl (C=O) groups excluding carboxylic acids is 1. The first-order valence-corrected chi connectivity index (χ1v) is 10.4. The summed E-state index contributed by atoms with van der Waals surface area (Å²) in [6, 6.07) is 22.8. The fourth-order valence-electron chi connectivity index (χ4n) is 3.19. The molecule has 0 saturated heterocycles. The molecule has 1 amide bonds. The number of rotatable bonds is 6. The zero-order valence-corrected chi connectivity index (χ0v) is 17.3. The molecule has 0 aliphatic carbocycles. The van der Waals surface area contributed by atoms with E-state index in [1.165, 1.54) is 0 Å². The summed E-state index contributed by atoms with van der Waals surface area (Å²) >= 11 is 3.30. The monoisotopic (exact) mass is 453 g/mol. The zero-order valence-electron chi connectivity index (χ0n) is 15.7. The summed E-state index contributed by atoms with van der Waals surface area (Å²) in [5.74, 6) is 2.62. The van der Waals surface area contributed by atoms with E-state index in [-0.39, 0.29) is 11.2 Å². The molecule has 0 unspecified atom stereocenters. The van der Waals surface area contributed by atoms with Crippen molar-refractivity contribution >= 4 is 27.5 Å². The molecule has 4 rings (SSSR count). The Morgan fingerprint density at radius 1 is 0.931 bits per heavy atom. The van der Waals surface area contributed by atoms with Crippen LogP contribution in [0.5, 0.6) is 23.0 Å². The summed E-state index contributed by atoms with van der Waals surface area (Å²) in [5.41, 5.74) is 1.57. The molecule has 1 aliphatic rings. The fraction of sp³-hybridized carbons (Fsp3) is 0.174. The molecular weight excluding hydrogens is 434 g/mol. The first kappa shape index (κ1) is 19.3. The lowest BCUT2D eigenvalue weighted by Gasteiger charge is -2.27. The molecule has 3 aromatic rings. The maximum Gasteiger partial charge on any atom is 0.238 e. The Hall–Kier alpha value is -2.99. The molecule has 1 aliphatic heterocycles. The number of alkyl halides is 1. The van der Waals surface area contributed by atoms with E-state index in [1.54, 1.807) is 4.90 Å². The van der Waals surface area contributed by atoms with E-state index in [0.717, 1.165) is 5.56 Å². The molecule has 5 nitrogen and oxygen atoms in total. The van der Waals surface area contributed by atoms with Crippen molar-refractivity contribution in [2.75, 3.05) is 23.4 Å². The third kappa shape index (κ3) is 4.38. The second-order valence-corrected chi connectivity index (χ2v) is 7.00. The van der Waals surface area contributed by atoms with Gasteiger partial charge in [-0.15, -0.1) is 0 Å². The third-order valence-corrected chi connectivity index (χ3v) is 5.00. The van der Waals surface area contributed by atoms with E-state index < -0.39 is 0 Å². The molecule has 0 atom stereocenters. The molecule has 0 N–H and O–H groups in total. The highest BCUT2D eigenvalue weighted by molar-refractivity contribution is 9.09. The summed E-state index contributed by atoms with van der Waals surface area (Å²) in [6.45, 7) is 1.35. The summed E-state index contributed by atoms with van der Waals surface area (Å²) in [6.07, 6.45) is 0. The zero-order chi connectivity index (χ0) is 20.1. The van der Waals surface area contributed by atoms with Gasteiger partial charge in [-0.05, 0) is 30.3 Å². The number of fused-ring (bicyclic) bond motifs is 1. The Labute approximate surface area is 177 Å². The van der Waals surface area contributed by atoms with E-state index in [1.807, 2.05) is 72.8 Å². The van der Waals surface area contributed by atoms with Crippen LogP contribution in [0.15, 0.2) is 72.8 Å². The van der Waals surface area contributed by atoms with Crippen LogP contribution >= 0.6 is 15.9 Å². The average molecular weight is 454 g/mol. The number of hydrogen-bond acceptors (Lipinski definition) is 4. The second-order valence-electron chi connectivity index (χ2n) is 6.44. The van der Waals surface area contributed by atoms with Crippen molar-refractivity contribution in [2.24, 2.45) is 0 Å². The van der Waals surface area contributed by atoms with E-state index in [9.17, 15) is 4.79 Å². The van der Waals surface area contributed by atoms with Crippen molar-refractivity contribution < 1.29 is 19.0 Å². The molecule has 29 heavy (non-hydrogen) atoms. The quantitative estimate of drug-likeness (QED) is 0.482. The summed E-state index contributed by atoms with van der Waals surface area (Å²) in [7, 11) is 0. The van der Waals surface area contributed by atoms with Gasteiger partial charge in [0.25, 0.3) is 0 Å². The fourth-order valence-corrected chi connectivity index (χ4v) is 3.49. The van der Waals surface area contributed by atoms with Crippen molar-refractivity contribution in [3.63, 3.8) is 0 Å². The normalized spacial score (nSPS) is 12.3. The maximum atomic E-state index is 12.8. The second kappa shape index (κ2) is 9.01. The summed E-state index contributed by atoms with van der Waals surface area (Å²) in [4.78, 5) is 14.5. The SMILES string of the molecule is O=C(CBr)N(Cc1cccc2c1OCCO2)c1ccccc1Oc1ccccc1.